The van der Waals surface area contributed by atoms with Gasteiger partial charge in [0.15, 0.2) is 0 Å². The highest BCUT2D eigenvalue weighted by Gasteiger charge is 2.14. The van der Waals surface area contributed by atoms with E-state index in [-0.39, 0.29) is 18.4 Å². The average molecular weight is 343 g/mol. The normalized spacial score (nSPS) is 10.8. The Balaban J connectivity index is 2.69. The van der Waals surface area contributed by atoms with Crippen LogP contribution < -0.4 is 0 Å². The van der Waals surface area contributed by atoms with E-state index in [1.165, 1.54) is 11.0 Å². The Bertz CT molecular complexity index is 569. The first-order valence-electron chi connectivity index (χ1n) is 7.05. The number of carbonyl (C=O) groups excluding carboxylic acids is 2. The first-order valence-corrected chi connectivity index (χ1v) is 7.80. The van der Waals surface area contributed by atoms with Crippen LogP contribution in [0.1, 0.15) is 19.4 Å². The van der Waals surface area contributed by atoms with Crippen molar-refractivity contribution in [2.45, 2.75) is 13.8 Å². The Morgan fingerprint density at radius 3 is 2.41 bits per heavy atom. The summed E-state index contributed by atoms with van der Waals surface area (Å²) >= 11 is 11.9. The van der Waals surface area contributed by atoms with Crippen LogP contribution in [0.3, 0.4) is 0 Å². The molecule has 0 N–H and O–H groups in total. The Kier molecular flexibility index (Phi) is 7.42. The Morgan fingerprint density at radius 1 is 1.18 bits per heavy atom. The van der Waals surface area contributed by atoms with E-state index >= 15 is 0 Å². The molecule has 120 valence electrons. The van der Waals surface area contributed by atoms with Gasteiger partial charge >= 0.3 is 0 Å². The second kappa shape index (κ2) is 8.81. The number of hydrogen-bond donors (Lipinski definition) is 0. The van der Waals surface area contributed by atoms with E-state index in [1.54, 1.807) is 36.2 Å². The number of carbonyl (C=O) groups is 2. The molecule has 0 atom stereocenters. The van der Waals surface area contributed by atoms with Crippen molar-refractivity contribution >= 4 is 41.1 Å². The molecule has 1 aromatic rings. The van der Waals surface area contributed by atoms with Crippen molar-refractivity contribution in [3.8, 4) is 0 Å². The second-order valence-electron chi connectivity index (χ2n) is 4.76. The molecule has 4 nitrogen and oxygen atoms in total. The van der Waals surface area contributed by atoms with E-state index in [9.17, 15) is 9.59 Å². The lowest BCUT2D eigenvalue weighted by molar-refractivity contribution is -0.136. The Hall–Kier alpha value is -1.52. The van der Waals surface area contributed by atoms with Gasteiger partial charge in [-0.15, -0.1) is 0 Å². The van der Waals surface area contributed by atoms with Crippen molar-refractivity contribution in [3.63, 3.8) is 0 Å². The van der Waals surface area contributed by atoms with Gasteiger partial charge in [0, 0.05) is 36.3 Å². The molecule has 0 saturated heterocycles. The van der Waals surface area contributed by atoms with Crippen molar-refractivity contribution in [1.82, 2.24) is 9.80 Å². The molecule has 0 heterocycles. The highest BCUT2D eigenvalue weighted by atomic mass is 35.5. The molecule has 0 spiro atoms. The van der Waals surface area contributed by atoms with Crippen molar-refractivity contribution in [2.24, 2.45) is 0 Å². The molecule has 22 heavy (non-hydrogen) atoms. The predicted octanol–water partition coefficient (Wildman–Crippen LogP) is 3.33. The molecular weight excluding hydrogens is 323 g/mol. The molecule has 0 saturated carbocycles. The molecule has 0 aliphatic carbocycles. The number of nitrogens with zero attached hydrogens (tertiary/aromatic N) is 2. The van der Waals surface area contributed by atoms with Crippen LogP contribution in [-0.2, 0) is 9.59 Å². The second-order valence-corrected chi connectivity index (χ2v) is 5.60. The SMILES string of the molecule is CCN(CC)C(=O)CN(C)C(=O)/C=C/c1cc(Cl)ccc1Cl. The molecule has 1 rings (SSSR count). The molecule has 0 aliphatic heterocycles. The summed E-state index contributed by atoms with van der Waals surface area (Å²) in [4.78, 5) is 27.1. The van der Waals surface area contributed by atoms with E-state index in [0.29, 0.717) is 28.7 Å². The molecule has 2 amide bonds. The van der Waals surface area contributed by atoms with Gasteiger partial charge in [-0.25, -0.2) is 0 Å². The van der Waals surface area contributed by atoms with Crippen molar-refractivity contribution in [1.29, 1.82) is 0 Å². The Labute approximate surface area is 141 Å². The van der Waals surface area contributed by atoms with Crippen LogP contribution in [-0.4, -0.2) is 48.3 Å². The zero-order valence-electron chi connectivity index (χ0n) is 13.0. The molecule has 0 aromatic heterocycles. The van der Waals surface area contributed by atoms with Gasteiger partial charge in [0.25, 0.3) is 0 Å². The number of halogens is 2. The van der Waals surface area contributed by atoms with Crippen LogP contribution in [0.25, 0.3) is 6.08 Å². The molecule has 0 radical (unpaired) electrons. The zero-order chi connectivity index (χ0) is 16.7. The molecule has 0 bridgehead atoms. The third-order valence-electron chi connectivity index (χ3n) is 3.23. The van der Waals surface area contributed by atoms with Crippen molar-refractivity contribution in [3.05, 3.63) is 39.9 Å². The minimum Gasteiger partial charge on any atom is -0.342 e. The van der Waals surface area contributed by atoms with E-state index < -0.39 is 0 Å². The first kappa shape index (κ1) is 18.5. The van der Waals surface area contributed by atoms with E-state index in [4.69, 9.17) is 23.2 Å². The zero-order valence-corrected chi connectivity index (χ0v) is 14.5. The standard InChI is InChI=1S/C16H20Cl2N2O2/c1-4-20(5-2)16(22)11-19(3)15(21)9-6-12-10-13(17)7-8-14(12)18/h6-10H,4-5,11H2,1-3H3/b9-6+. The number of likely N-dealkylation sites (N-methyl/N-ethyl adjacent to an activating group) is 2. The maximum Gasteiger partial charge on any atom is 0.246 e. The molecule has 0 aliphatic rings. The first-order chi connectivity index (χ1) is 10.4. The van der Waals surface area contributed by atoms with Crippen LogP contribution in [0.15, 0.2) is 24.3 Å². The number of hydrogen-bond acceptors (Lipinski definition) is 2. The monoisotopic (exact) mass is 342 g/mol. The smallest absolute Gasteiger partial charge is 0.246 e. The van der Waals surface area contributed by atoms with Crippen LogP contribution in [0.2, 0.25) is 10.0 Å². The quantitative estimate of drug-likeness (QED) is 0.744. The topological polar surface area (TPSA) is 40.6 Å². The van der Waals surface area contributed by atoms with Gasteiger partial charge in [0.2, 0.25) is 11.8 Å². The summed E-state index contributed by atoms with van der Waals surface area (Å²) in [6.07, 6.45) is 2.97. The summed E-state index contributed by atoms with van der Waals surface area (Å²) in [7, 11) is 1.59. The van der Waals surface area contributed by atoms with Crippen LogP contribution >= 0.6 is 23.2 Å². The van der Waals surface area contributed by atoms with Gasteiger partial charge in [0.1, 0.15) is 0 Å². The van der Waals surface area contributed by atoms with Gasteiger partial charge in [-0.05, 0) is 43.7 Å². The minimum atomic E-state index is -0.267. The molecular formula is C16H20Cl2N2O2. The maximum atomic E-state index is 12.0. The summed E-state index contributed by atoms with van der Waals surface area (Å²) in [5, 5.41) is 1.05. The highest BCUT2D eigenvalue weighted by Crippen LogP contribution is 2.21. The van der Waals surface area contributed by atoms with Crippen molar-refractivity contribution < 1.29 is 9.59 Å². The summed E-state index contributed by atoms with van der Waals surface area (Å²) in [6.45, 7) is 5.12. The largest absolute Gasteiger partial charge is 0.342 e. The lowest BCUT2D eigenvalue weighted by Crippen LogP contribution is -2.40. The van der Waals surface area contributed by atoms with E-state index in [0.717, 1.165) is 0 Å². The number of amides is 2. The lowest BCUT2D eigenvalue weighted by atomic mass is 10.2. The minimum absolute atomic E-state index is 0.0497. The van der Waals surface area contributed by atoms with Gasteiger partial charge in [-0.3, -0.25) is 9.59 Å². The molecule has 6 heteroatoms. The summed E-state index contributed by atoms with van der Waals surface area (Å²) in [5.41, 5.74) is 0.658. The third kappa shape index (κ3) is 5.35. The fourth-order valence-electron chi connectivity index (χ4n) is 1.89. The van der Waals surface area contributed by atoms with Gasteiger partial charge in [0.05, 0.1) is 6.54 Å². The van der Waals surface area contributed by atoms with Crippen LogP contribution in [0.5, 0.6) is 0 Å². The Morgan fingerprint density at radius 2 is 1.82 bits per heavy atom. The van der Waals surface area contributed by atoms with Gasteiger partial charge in [-0.2, -0.15) is 0 Å². The van der Waals surface area contributed by atoms with Crippen LogP contribution in [0, 0.1) is 0 Å². The van der Waals surface area contributed by atoms with Crippen LogP contribution in [0.4, 0.5) is 0 Å². The summed E-state index contributed by atoms with van der Waals surface area (Å²) in [6, 6.07) is 5.02. The maximum absolute atomic E-state index is 12.0. The number of benzene rings is 1. The molecule has 1 aromatic carbocycles. The van der Waals surface area contributed by atoms with Gasteiger partial charge in [-0.1, -0.05) is 23.2 Å². The average Bonchev–Trinajstić information content (AvgIpc) is 2.49. The number of rotatable bonds is 6. The van der Waals surface area contributed by atoms with E-state index in [2.05, 4.69) is 0 Å². The van der Waals surface area contributed by atoms with Gasteiger partial charge < -0.3 is 9.80 Å². The highest BCUT2D eigenvalue weighted by molar-refractivity contribution is 6.34. The fraction of sp³-hybridized carbons (Fsp3) is 0.375. The molecule has 0 unspecified atom stereocenters. The van der Waals surface area contributed by atoms with Crippen molar-refractivity contribution in [2.75, 3.05) is 26.7 Å². The fourth-order valence-corrected chi connectivity index (χ4v) is 2.25. The molecule has 0 fully saturated rings. The van der Waals surface area contributed by atoms with E-state index in [1.807, 2.05) is 13.8 Å². The predicted molar refractivity (Wildman–Crippen MR) is 91.1 cm³/mol. The lowest BCUT2D eigenvalue weighted by Gasteiger charge is -2.22. The summed E-state index contributed by atoms with van der Waals surface area (Å²) in [5.74, 6) is -0.341. The third-order valence-corrected chi connectivity index (χ3v) is 3.81. The summed E-state index contributed by atoms with van der Waals surface area (Å²) < 4.78 is 0.